The van der Waals surface area contributed by atoms with Gasteiger partial charge in [0, 0.05) is 10.9 Å². The summed E-state index contributed by atoms with van der Waals surface area (Å²) in [6, 6.07) is 15.0. The first-order valence-electron chi connectivity index (χ1n) is 7.91. The molecule has 0 saturated heterocycles. The highest BCUT2D eigenvalue weighted by Crippen LogP contribution is 2.27. The molecular formula is C18H13N5O2S2. The fraction of sp³-hybridized carbons (Fsp3) is 0. The Balaban J connectivity index is 1.38. The highest BCUT2D eigenvalue weighted by molar-refractivity contribution is 7.20. The van der Waals surface area contributed by atoms with Gasteiger partial charge in [-0.3, -0.25) is 25.5 Å². The molecule has 4 rings (SSSR count). The van der Waals surface area contributed by atoms with E-state index in [0.29, 0.717) is 5.69 Å². The summed E-state index contributed by atoms with van der Waals surface area (Å²) in [6.45, 7) is 0. The van der Waals surface area contributed by atoms with Gasteiger partial charge in [0.15, 0.2) is 0 Å². The van der Waals surface area contributed by atoms with Crippen LogP contribution >= 0.6 is 22.7 Å². The Kier molecular flexibility index (Phi) is 4.77. The van der Waals surface area contributed by atoms with Gasteiger partial charge in [-0.25, -0.2) is 4.98 Å². The molecule has 2 amide bonds. The standard InChI is InChI=1S/C18H13N5O2S2/c24-16(13-9-12(20-21-13)11-5-2-1-3-6-11)22-23-17(25)14-10-27-18(19-14)15-7-4-8-26-15/h1-10H,(H,20,21)(H,22,24)(H,23,25). The van der Waals surface area contributed by atoms with Crippen LogP contribution in [0.1, 0.15) is 21.0 Å². The molecule has 7 nitrogen and oxygen atoms in total. The Morgan fingerprint density at radius 1 is 0.963 bits per heavy atom. The van der Waals surface area contributed by atoms with E-state index in [1.807, 2.05) is 47.8 Å². The number of amides is 2. The van der Waals surface area contributed by atoms with Crippen molar-refractivity contribution in [2.75, 3.05) is 0 Å². The van der Waals surface area contributed by atoms with E-state index in [4.69, 9.17) is 0 Å². The van der Waals surface area contributed by atoms with E-state index in [2.05, 4.69) is 26.0 Å². The van der Waals surface area contributed by atoms with Gasteiger partial charge in [0.25, 0.3) is 11.8 Å². The molecule has 0 aliphatic heterocycles. The predicted octanol–water partition coefficient (Wildman–Crippen LogP) is 3.34. The minimum atomic E-state index is -0.494. The number of nitrogens with zero attached hydrogens (tertiary/aromatic N) is 2. The smallest absolute Gasteiger partial charge is 0.272 e. The third-order valence-corrected chi connectivity index (χ3v) is 5.53. The van der Waals surface area contributed by atoms with Crippen LogP contribution in [0.25, 0.3) is 21.1 Å². The van der Waals surface area contributed by atoms with Crippen molar-refractivity contribution in [3.8, 4) is 21.1 Å². The number of hydrogen-bond donors (Lipinski definition) is 3. The number of thiophene rings is 1. The van der Waals surface area contributed by atoms with Crippen LogP contribution in [0, 0.1) is 0 Å². The van der Waals surface area contributed by atoms with E-state index >= 15 is 0 Å². The molecule has 1 aromatic carbocycles. The van der Waals surface area contributed by atoms with Gasteiger partial charge in [-0.05, 0) is 17.5 Å². The largest absolute Gasteiger partial charge is 0.289 e. The summed E-state index contributed by atoms with van der Waals surface area (Å²) in [5.41, 5.74) is 6.76. The van der Waals surface area contributed by atoms with Crippen molar-refractivity contribution in [2.24, 2.45) is 0 Å². The molecular weight excluding hydrogens is 382 g/mol. The van der Waals surface area contributed by atoms with Gasteiger partial charge in [0.2, 0.25) is 0 Å². The molecule has 0 aliphatic rings. The molecule has 3 N–H and O–H groups in total. The minimum absolute atomic E-state index is 0.242. The maximum absolute atomic E-state index is 12.2. The van der Waals surface area contributed by atoms with E-state index in [0.717, 1.165) is 15.4 Å². The van der Waals surface area contributed by atoms with Crippen LogP contribution in [0.5, 0.6) is 0 Å². The van der Waals surface area contributed by atoms with Crippen molar-refractivity contribution in [3.63, 3.8) is 0 Å². The van der Waals surface area contributed by atoms with E-state index in [9.17, 15) is 9.59 Å². The zero-order valence-electron chi connectivity index (χ0n) is 13.8. The van der Waals surface area contributed by atoms with Crippen LogP contribution in [0.4, 0.5) is 0 Å². The van der Waals surface area contributed by atoms with E-state index in [1.54, 1.807) is 22.8 Å². The second kappa shape index (κ2) is 7.52. The lowest BCUT2D eigenvalue weighted by atomic mass is 10.1. The van der Waals surface area contributed by atoms with Crippen LogP contribution in [0.3, 0.4) is 0 Å². The predicted molar refractivity (Wildman–Crippen MR) is 104 cm³/mol. The van der Waals surface area contributed by atoms with Crippen molar-refractivity contribution in [1.29, 1.82) is 0 Å². The SMILES string of the molecule is O=C(NNC(=O)c1cc(-c2ccccc2)n[nH]1)c1csc(-c2cccs2)n1. The van der Waals surface area contributed by atoms with Crippen molar-refractivity contribution in [1.82, 2.24) is 26.0 Å². The third kappa shape index (κ3) is 3.78. The topological polar surface area (TPSA) is 99.8 Å². The zero-order chi connectivity index (χ0) is 18.6. The molecule has 4 aromatic rings. The first-order valence-corrected chi connectivity index (χ1v) is 9.67. The van der Waals surface area contributed by atoms with Crippen LogP contribution in [0.2, 0.25) is 0 Å². The monoisotopic (exact) mass is 395 g/mol. The second-order valence-electron chi connectivity index (χ2n) is 5.46. The number of hydrogen-bond acceptors (Lipinski definition) is 6. The Hall–Kier alpha value is -3.30. The van der Waals surface area contributed by atoms with Gasteiger partial charge in [-0.1, -0.05) is 36.4 Å². The fourth-order valence-electron chi connectivity index (χ4n) is 2.33. The molecule has 3 aromatic heterocycles. The van der Waals surface area contributed by atoms with Gasteiger partial charge in [-0.2, -0.15) is 5.10 Å². The molecule has 0 unspecified atom stereocenters. The van der Waals surface area contributed by atoms with Crippen LogP contribution in [-0.4, -0.2) is 27.0 Å². The summed E-state index contributed by atoms with van der Waals surface area (Å²) in [4.78, 5) is 29.7. The second-order valence-corrected chi connectivity index (χ2v) is 7.26. The number of hydrazine groups is 1. The number of H-pyrrole nitrogens is 1. The Morgan fingerprint density at radius 2 is 1.78 bits per heavy atom. The summed E-state index contributed by atoms with van der Waals surface area (Å²) in [7, 11) is 0. The molecule has 0 aliphatic carbocycles. The zero-order valence-corrected chi connectivity index (χ0v) is 15.4. The van der Waals surface area contributed by atoms with Crippen LogP contribution in [0.15, 0.2) is 59.3 Å². The summed E-state index contributed by atoms with van der Waals surface area (Å²) < 4.78 is 0. The molecule has 0 saturated carbocycles. The molecule has 9 heteroatoms. The normalized spacial score (nSPS) is 10.5. The lowest BCUT2D eigenvalue weighted by Crippen LogP contribution is -2.41. The first-order chi connectivity index (χ1) is 13.2. The van der Waals surface area contributed by atoms with Crippen LogP contribution < -0.4 is 10.9 Å². The molecule has 0 atom stereocenters. The average molecular weight is 395 g/mol. The number of rotatable bonds is 4. The van der Waals surface area contributed by atoms with Crippen molar-refractivity contribution < 1.29 is 9.59 Å². The van der Waals surface area contributed by atoms with E-state index in [-0.39, 0.29) is 11.4 Å². The number of carbonyl (C=O) groups excluding carboxylic acids is 2. The maximum Gasteiger partial charge on any atom is 0.289 e. The Bertz CT molecular complexity index is 1070. The fourth-order valence-corrected chi connectivity index (χ4v) is 3.95. The molecule has 134 valence electrons. The highest BCUT2D eigenvalue weighted by Gasteiger charge is 2.15. The number of aromatic nitrogens is 3. The number of benzene rings is 1. The van der Waals surface area contributed by atoms with Gasteiger partial charge >= 0.3 is 0 Å². The minimum Gasteiger partial charge on any atom is -0.272 e. The quantitative estimate of drug-likeness (QED) is 0.462. The number of nitrogens with one attached hydrogen (secondary N) is 3. The Morgan fingerprint density at radius 3 is 2.56 bits per heavy atom. The average Bonchev–Trinajstić information content (AvgIpc) is 3.47. The summed E-state index contributed by atoms with van der Waals surface area (Å²) in [6.07, 6.45) is 0. The van der Waals surface area contributed by atoms with Crippen LogP contribution in [-0.2, 0) is 0 Å². The first kappa shape index (κ1) is 17.1. The summed E-state index contributed by atoms with van der Waals surface area (Å²) in [5.74, 6) is -0.975. The van der Waals surface area contributed by atoms with E-state index in [1.165, 1.54) is 11.3 Å². The molecule has 27 heavy (non-hydrogen) atoms. The number of thiazole rings is 1. The molecule has 0 bridgehead atoms. The van der Waals surface area contributed by atoms with Crippen molar-refractivity contribution in [3.05, 3.63) is 70.7 Å². The van der Waals surface area contributed by atoms with Crippen molar-refractivity contribution >= 4 is 34.5 Å². The molecule has 0 radical (unpaired) electrons. The number of aromatic amines is 1. The van der Waals surface area contributed by atoms with E-state index < -0.39 is 11.8 Å². The van der Waals surface area contributed by atoms with Gasteiger partial charge in [-0.15, -0.1) is 22.7 Å². The van der Waals surface area contributed by atoms with Gasteiger partial charge < -0.3 is 0 Å². The third-order valence-electron chi connectivity index (χ3n) is 3.65. The lowest BCUT2D eigenvalue weighted by Gasteiger charge is -2.03. The Labute approximate surface area is 162 Å². The molecule has 3 heterocycles. The summed E-state index contributed by atoms with van der Waals surface area (Å²) in [5, 5.41) is 11.1. The van der Waals surface area contributed by atoms with Gasteiger partial charge in [0.1, 0.15) is 16.4 Å². The molecule has 0 spiro atoms. The molecule has 0 fully saturated rings. The maximum atomic E-state index is 12.2. The number of carbonyl (C=O) groups is 2. The van der Waals surface area contributed by atoms with Gasteiger partial charge in [0.05, 0.1) is 10.6 Å². The summed E-state index contributed by atoms with van der Waals surface area (Å²) >= 11 is 2.93. The lowest BCUT2D eigenvalue weighted by molar-refractivity contribution is 0.0841. The van der Waals surface area contributed by atoms with Crippen molar-refractivity contribution in [2.45, 2.75) is 0 Å². The highest BCUT2D eigenvalue weighted by atomic mass is 32.1.